The summed E-state index contributed by atoms with van der Waals surface area (Å²) < 4.78 is 0.969. The van der Waals surface area contributed by atoms with Crippen molar-refractivity contribution in [1.82, 2.24) is 4.98 Å². The Kier molecular flexibility index (Phi) is 3.62. The van der Waals surface area contributed by atoms with Gasteiger partial charge in [0.15, 0.2) is 0 Å². The van der Waals surface area contributed by atoms with Gasteiger partial charge in [0.1, 0.15) is 0 Å². The van der Waals surface area contributed by atoms with Gasteiger partial charge in [-0.15, -0.1) is 5.92 Å². The number of pyridine rings is 1. The molecule has 1 heterocycles. The average Bonchev–Trinajstić information content (AvgIpc) is 2.05. The summed E-state index contributed by atoms with van der Waals surface area (Å²) in [6.07, 6.45) is 3.51. The summed E-state index contributed by atoms with van der Waals surface area (Å²) in [7, 11) is 0. The van der Waals surface area contributed by atoms with E-state index in [1.54, 1.807) is 12.4 Å². The summed E-state index contributed by atoms with van der Waals surface area (Å²) in [5.74, 6) is 5.72. The fourth-order valence-electron chi connectivity index (χ4n) is 0.743. The maximum absolute atomic E-state index is 4.01. The minimum Gasteiger partial charge on any atom is -0.373 e. The van der Waals surface area contributed by atoms with E-state index < -0.39 is 0 Å². The number of halogens is 1. The first-order chi connectivity index (χ1) is 5.83. The van der Waals surface area contributed by atoms with E-state index >= 15 is 0 Å². The Bertz CT molecular complexity index is 312. The van der Waals surface area contributed by atoms with Crippen molar-refractivity contribution in [3.05, 3.63) is 22.9 Å². The smallest absolute Gasteiger partial charge is 0.0766 e. The van der Waals surface area contributed by atoms with Gasteiger partial charge in [0.05, 0.1) is 18.4 Å². The molecule has 12 heavy (non-hydrogen) atoms. The maximum Gasteiger partial charge on any atom is 0.0766 e. The Hall–Kier alpha value is -1.01. The van der Waals surface area contributed by atoms with Crippen molar-refractivity contribution in [2.24, 2.45) is 0 Å². The molecule has 3 heteroatoms. The lowest BCUT2D eigenvalue weighted by molar-refractivity contribution is 1.27. The molecule has 0 aromatic carbocycles. The van der Waals surface area contributed by atoms with Gasteiger partial charge in [-0.05, 0) is 28.9 Å². The fraction of sp³-hybridized carbons (Fsp3) is 0.222. The SMILES string of the molecule is CC#CCNc1cncc(Br)c1. The van der Waals surface area contributed by atoms with Crippen LogP contribution in [0.1, 0.15) is 6.92 Å². The van der Waals surface area contributed by atoms with Gasteiger partial charge >= 0.3 is 0 Å². The number of hydrogen-bond donors (Lipinski definition) is 1. The molecule has 0 saturated heterocycles. The Morgan fingerprint density at radius 1 is 1.58 bits per heavy atom. The van der Waals surface area contributed by atoms with Crippen LogP contribution >= 0.6 is 15.9 Å². The summed E-state index contributed by atoms with van der Waals surface area (Å²) in [5.41, 5.74) is 0.979. The maximum atomic E-state index is 4.01. The summed E-state index contributed by atoms with van der Waals surface area (Å²) in [5, 5.41) is 3.12. The third-order valence-electron chi connectivity index (χ3n) is 1.26. The highest BCUT2D eigenvalue weighted by atomic mass is 79.9. The number of nitrogens with zero attached hydrogens (tertiary/aromatic N) is 1. The molecular weight excluding hydrogens is 216 g/mol. The normalized spacial score (nSPS) is 8.50. The number of hydrogen-bond acceptors (Lipinski definition) is 2. The van der Waals surface area contributed by atoms with Gasteiger partial charge in [-0.2, -0.15) is 0 Å². The molecule has 2 nitrogen and oxygen atoms in total. The van der Waals surface area contributed by atoms with E-state index in [4.69, 9.17) is 0 Å². The number of aromatic nitrogens is 1. The van der Waals surface area contributed by atoms with Gasteiger partial charge in [0.2, 0.25) is 0 Å². The second kappa shape index (κ2) is 4.78. The van der Waals surface area contributed by atoms with Gasteiger partial charge in [0, 0.05) is 10.7 Å². The lowest BCUT2D eigenvalue weighted by atomic mass is 10.4. The van der Waals surface area contributed by atoms with Crippen molar-refractivity contribution in [1.29, 1.82) is 0 Å². The number of rotatable bonds is 2. The molecule has 0 bridgehead atoms. The van der Waals surface area contributed by atoms with Crippen molar-refractivity contribution in [3.63, 3.8) is 0 Å². The molecule has 0 aliphatic carbocycles. The minimum absolute atomic E-state index is 0.661. The Labute approximate surface area is 80.5 Å². The molecule has 0 atom stereocenters. The first-order valence-electron chi connectivity index (χ1n) is 3.57. The Morgan fingerprint density at radius 3 is 3.08 bits per heavy atom. The van der Waals surface area contributed by atoms with Gasteiger partial charge in [-0.1, -0.05) is 5.92 Å². The third-order valence-corrected chi connectivity index (χ3v) is 1.70. The second-order valence-electron chi connectivity index (χ2n) is 2.17. The first kappa shape index (κ1) is 9.08. The van der Waals surface area contributed by atoms with Gasteiger partial charge in [-0.25, -0.2) is 0 Å². The lowest BCUT2D eigenvalue weighted by Crippen LogP contribution is -1.98. The highest BCUT2D eigenvalue weighted by Crippen LogP contribution is 2.12. The largest absolute Gasteiger partial charge is 0.373 e. The monoisotopic (exact) mass is 224 g/mol. The standard InChI is InChI=1S/C9H9BrN2/c1-2-3-4-12-9-5-8(10)6-11-7-9/h5-7,12H,4H2,1H3. The van der Waals surface area contributed by atoms with Crippen LogP contribution in [0, 0.1) is 11.8 Å². The van der Waals surface area contributed by atoms with Crippen LogP contribution in [0.15, 0.2) is 22.9 Å². The van der Waals surface area contributed by atoms with E-state index in [0.29, 0.717) is 6.54 Å². The van der Waals surface area contributed by atoms with Crippen LogP contribution < -0.4 is 5.32 Å². The fourth-order valence-corrected chi connectivity index (χ4v) is 1.11. The van der Waals surface area contributed by atoms with Crippen LogP contribution in [-0.2, 0) is 0 Å². The van der Waals surface area contributed by atoms with E-state index in [2.05, 4.69) is 38.1 Å². The molecule has 0 aliphatic heterocycles. The number of anilines is 1. The molecule has 0 amide bonds. The van der Waals surface area contributed by atoms with Crippen LogP contribution in [0.25, 0.3) is 0 Å². The molecule has 62 valence electrons. The van der Waals surface area contributed by atoms with Crippen molar-refractivity contribution in [2.75, 3.05) is 11.9 Å². The molecule has 1 aromatic rings. The minimum atomic E-state index is 0.661. The van der Waals surface area contributed by atoms with Crippen LogP contribution in [-0.4, -0.2) is 11.5 Å². The van der Waals surface area contributed by atoms with Gasteiger partial charge in [-0.3, -0.25) is 4.98 Å². The quantitative estimate of drug-likeness (QED) is 0.781. The predicted molar refractivity (Wildman–Crippen MR) is 53.9 cm³/mol. The van der Waals surface area contributed by atoms with E-state index in [1.165, 1.54) is 0 Å². The Morgan fingerprint density at radius 2 is 2.42 bits per heavy atom. The van der Waals surface area contributed by atoms with Crippen LogP contribution in [0.3, 0.4) is 0 Å². The van der Waals surface area contributed by atoms with Crippen molar-refractivity contribution >= 4 is 21.6 Å². The highest BCUT2D eigenvalue weighted by molar-refractivity contribution is 9.10. The summed E-state index contributed by atoms with van der Waals surface area (Å²) >= 11 is 3.33. The molecule has 0 fully saturated rings. The molecule has 0 spiro atoms. The number of nitrogens with one attached hydrogen (secondary N) is 1. The van der Waals surface area contributed by atoms with Crippen molar-refractivity contribution in [2.45, 2.75) is 6.92 Å². The molecule has 0 unspecified atom stereocenters. The zero-order valence-corrected chi connectivity index (χ0v) is 8.35. The molecule has 1 N–H and O–H groups in total. The molecular formula is C9H9BrN2. The summed E-state index contributed by atoms with van der Waals surface area (Å²) in [6.45, 7) is 2.48. The van der Waals surface area contributed by atoms with Gasteiger partial charge < -0.3 is 5.32 Å². The zero-order valence-electron chi connectivity index (χ0n) is 6.76. The van der Waals surface area contributed by atoms with E-state index in [0.717, 1.165) is 10.2 Å². The van der Waals surface area contributed by atoms with E-state index in [-0.39, 0.29) is 0 Å². The Balaban J connectivity index is 2.55. The van der Waals surface area contributed by atoms with Gasteiger partial charge in [0.25, 0.3) is 0 Å². The molecule has 0 saturated carbocycles. The second-order valence-corrected chi connectivity index (χ2v) is 3.09. The first-order valence-corrected chi connectivity index (χ1v) is 4.36. The molecule has 1 rings (SSSR count). The van der Waals surface area contributed by atoms with Crippen LogP contribution in [0.2, 0.25) is 0 Å². The highest BCUT2D eigenvalue weighted by Gasteiger charge is 1.90. The third kappa shape index (κ3) is 2.93. The van der Waals surface area contributed by atoms with Crippen LogP contribution in [0.4, 0.5) is 5.69 Å². The molecule has 0 radical (unpaired) electrons. The summed E-state index contributed by atoms with van der Waals surface area (Å²) in [4.78, 5) is 4.01. The predicted octanol–water partition coefficient (Wildman–Crippen LogP) is 2.28. The van der Waals surface area contributed by atoms with Crippen molar-refractivity contribution in [3.8, 4) is 11.8 Å². The molecule has 1 aromatic heterocycles. The van der Waals surface area contributed by atoms with Crippen LogP contribution in [0.5, 0.6) is 0 Å². The molecule has 0 aliphatic rings. The van der Waals surface area contributed by atoms with E-state index in [9.17, 15) is 0 Å². The van der Waals surface area contributed by atoms with Crippen molar-refractivity contribution < 1.29 is 0 Å². The lowest BCUT2D eigenvalue weighted by Gasteiger charge is -2.00. The average molecular weight is 225 g/mol. The topological polar surface area (TPSA) is 24.9 Å². The zero-order chi connectivity index (χ0) is 8.81. The van der Waals surface area contributed by atoms with E-state index in [1.807, 2.05) is 13.0 Å². The summed E-state index contributed by atoms with van der Waals surface area (Å²) in [6, 6.07) is 1.96.